The molecule has 0 aromatic heterocycles. The summed E-state index contributed by atoms with van der Waals surface area (Å²) in [6, 6.07) is 6.56. The Balaban J connectivity index is 2.40. The molecule has 0 radical (unpaired) electrons. The third-order valence-corrected chi connectivity index (χ3v) is 3.97. The zero-order valence-electron chi connectivity index (χ0n) is 10.8. The number of carbonyl (C=O) groups is 1. The van der Waals surface area contributed by atoms with Gasteiger partial charge in [0.1, 0.15) is 6.07 Å². The standard InChI is InChI=1S/C14H15ClN2O2/c1-3-11-13(18)8(2)17(14(11)19)10-5-4-9(7-16)12(15)6-10/h4-6,8,11,13,18H,3H2,1-2H3/t8-,11-,13+/m0/s1. The second-order valence-corrected chi connectivity index (χ2v) is 5.14. The minimum absolute atomic E-state index is 0.0942. The first-order chi connectivity index (χ1) is 9.01. The highest BCUT2D eigenvalue weighted by atomic mass is 35.5. The Morgan fingerprint density at radius 1 is 1.53 bits per heavy atom. The minimum atomic E-state index is -0.674. The van der Waals surface area contributed by atoms with Gasteiger partial charge in [-0.3, -0.25) is 4.79 Å². The van der Waals surface area contributed by atoms with Gasteiger partial charge in [0.05, 0.1) is 28.6 Å². The molecule has 0 unspecified atom stereocenters. The number of halogens is 1. The molecular formula is C14H15ClN2O2. The number of aliphatic hydroxyl groups excluding tert-OH is 1. The summed E-state index contributed by atoms with van der Waals surface area (Å²) in [6.07, 6.45) is -0.0721. The van der Waals surface area contributed by atoms with Crippen molar-refractivity contribution in [3.63, 3.8) is 0 Å². The van der Waals surface area contributed by atoms with Crippen molar-refractivity contribution < 1.29 is 9.90 Å². The molecule has 3 atom stereocenters. The molecule has 1 aromatic carbocycles. The van der Waals surface area contributed by atoms with Crippen molar-refractivity contribution in [1.82, 2.24) is 0 Å². The summed E-state index contributed by atoms with van der Waals surface area (Å²) in [5.41, 5.74) is 0.994. The SMILES string of the molecule is CC[C@@H]1C(=O)N(c2ccc(C#N)c(Cl)c2)[C@@H](C)[C@H]1O. The van der Waals surface area contributed by atoms with Crippen molar-refractivity contribution in [2.45, 2.75) is 32.4 Å². The Morgan fingerprint density at radius 2 is 2.21 bits per heavy atom. The predicted molar refractivity (Wildman–Crippen MR) is 72.9 cm³/mol. The van der Waals surface area contributed by atoms with Crippen LogP contribution in [0, 0.1) is 17.2 Å². The molecule has 0 bridgehead atoms. The lowest BCUT2D eigenvalue weighted by Gasteiger charge is -2.23. The van der Waals surface area contributed by atoms with E-state index in [1.165, 1.54) is 0 Å². The van der Waals surface area contributed by atoms with E-state index < -0.39 is 6.10 Å². The Morgan fingerprint density at radius 3 is 2.68 bits per heavy atom. The van der Waals surface area contributed by atoms with E-state index in [0.717, 1.165) is 0 Å². The molecule has 1 aliphatic heterocycles. The van der Waals surface area contributed by atoms with Gasteiger partial charge in [0, 0.05) is 5.69 Å². The number of hydrogen-bond acceptors (Lipinski definition) is 3. The van der Waals surface area contributed by atoms with Gasteiger partial charge >= 0.3 is 0 Å². The molecule has 1 amide bonds. The quantitative estimate of drug-likeness (QED) is 0.903. The van der Waals surface area contributed by atoms with Crippen molar-refractivity contribution in [2.24, 2.45) is 5.92 Å². The fraction of sp³-hybridized carbons (Fsp3) is 0.429. The molecule has 19 heavy (non-hydrogen) atoms. The maximum atomic E-state index is 12.3. The Kier molecular flexibility index (Phi) is 3.79. The van der Waals surface area contributed by atoms with E-state index in [1.54, 1.807) is 23.1 Å². The molecule has 1 aromatic rings. The lowest BCUT2D eigenvalue weighted by Crippen LogP contribution is -2.34. The summed E-state index contributed by atoms with van der Waals surface area (Å²) < 4.78 is 0. The number of rotatable bonds is 2. The molecule has 4 nitrogen and oxygen atoms in total. The van der Waals surface area contributed by atoms with Gasteiger partial charge in [-0.15, -0.1) is 0 Å². The van der Waals surface area contributed by atoms with Crippen LogP contribution in [0.2, 0.25) is 5.02 Å². The molecule has 1 heterocycles. The first-order valence-corrected chi connectivity index (χ1v) is 6.59. The number of amides is 1. The van der Waals surface area contributed by atoms with E-state index in [-0.39, 0.29) is 17.9 Å². The van der Waals surface area contributed by atoms with E-state index >= 15 is 0 Å². The minimum Gasteiger partial charge on any atom is -0.390 e. The first kappa shape index (κ1) is 13.9. The van der Waals surface area contributed by atoms with Crippen LogP contribution < -0.4 is 4.90 Å². The lowest BCUT2D eigenvalue weighted by molar-refractivity contribution is -0.121. The van der Waals surface area contributed by atoms with Gasteiger partial charge in [0.15, 0.2) is 0 Å². The molecule has 1 fully saturated rings. The van der Waals surface area contributed by atoms with E-state index in [4.69, 9.17) is 16.9 Å². The average Bonchev–Trinajstić information content (AvgIpc) is 2.60. The summed E-state index contributed by atoms with van der Waals surface area (Å²) in [5, 5.41) is 19.2. The van der Waals surface area contributed by atoms with Crippen molar-refractivity contribution in [3.8, 4) is 6.07 Å². The Hall–Kier alpha value is -1.57. The highest BCUT2D eigenvalue weighted by Gasteiger charge is 2.44. The van der Waals surface area contributed by atoms with Crippen LogP contribution in [0.4, 0.5) is 5.69 Å². The summed E-state index contributed by atoms with van der Waals surface area (Å²) >= 11 is 5.99. The number of aliphatic hydroxyl groups is 1. The van der Waals surface area contributed by atoms with Crippen molar-refractivity contribution in [3.05, 3.63) is 28.8 Å². The third kappa shape index (κ3) is 2.20. The number of nitriles is 1. The van der Waals surface area contributed by atoms with Crippen molar-refractivity contribution >= 4 is 23.2 Å². The molecule has 1 saturated heterocycles. The van der Waals surface area contributed by atoms with Gasteiger partial charge in [-0.25, -0.2) is 0 Å². The van der Waals surface area contributed by atoms with Crippen LogP contribution in [0.3, 0.4) is 0 Å². The Labute approximate surface area is 117 Å². The van der Waals surface area contributed by atoms with Gasteiger partial charge < -0.3 is 10.0 Å². The van der Waals surface area contributed by atoms with Gasteiger partial charge in [0.2, 0.25) is 5.91 Å². The van der Waals surface area contributed by atoms with E-state index in [1.807, 2.05) is 19.9 Å². The number of anilines is 1. The van der Waals surface area contributed by atoms with Gasteiger partial charge in [-0.05, 0) is 31.5 Å². The van der Waals surface area contributed by atoms with Crippen molar-refractivity contribution in [1.29, 1.82) is 5.26 Å². The molecule has 0 aliphatic carbocycles. The number of benzene rings is 1. The van der Waals surface area contributed by atoms with Crippen LogP contribution in [0.15, 0.2) is 18.2 Å². The topological polar surface area (TPSA) is 64.3 Å². The predicted octanol–water partition coefficient (Wildman–Crippen LogP) is 2.33. The highest BCUT2D eigenvalue weighted by Crippen LogP contribution is 2.34. The van der Waals surface area contributed by atoms with Gasteiger partial charge in [0.25, 0.3) is 0 Å². The first-order valence-electron chi connectivity index (χ1n) is 6.22. The molecule has 2 rings (SSSR count). The Bertz CT molecular complexity index is 553. The summed E-state index contributed by atoms with van der Waals surface area (Å²) in [4.78, 5) is 13.8. The number of hydrogen-bond donors (Lipinski definition) is 1. The average molecular weight is 279 g/mol. The number of nitrogens with zero attached hydrogens (tertiary/aromatic N) is 2. The fourth-order valence-corrected chi connectivity index (χ4v) is 2.75. The molecule has 100 valence electrons. The van der Waals surface area contributed by atoms with Gasteiger partial charge in [-0.1, -0.05) is 18.5 Å². The molecule has 1 aliphatic rings. The van der Waals surface area contributed by atoms with Crippen LogP contribution in [-0.4, -0.2) is 23.2 Å². The smallest absolute Gasteiger partial charge is 0.233 e. The summed E-state index contributed by atoms with van der Waals surface area (Å²) in [6.45, 7) is 3.69. The largest absolute Gasteiger partial charge is 0.390 e. The maximum absolute atomic E-state index is 12.3. The monoisotopic (exact) mass is 278 g/mol. The van der Waals surface area contributed by atoms with Crippen LogP contribution in [0.1, 0.15) is 25.8 Å². The normalized spacial score (nSPS) is 26.6. The lowest BCUT2D eigenvalue weighted by atomic mass is 10.00. The van der Waals surface area contributed by atoms with E-state index in [0.29, 0.717) is 22.7 Å². The van der Waals surface area contributed by atoms with Crippen molar-refractivity contribution in [2.75, 3.05) is 4.90 Å². The molecule has 5 heteroatoms. The van der Waals surface area contributed by atoms with Crippen LogP contribution in [-0.2, 0) is 4.79 Å². The zero-order chi connectivity index (χ0) is 14.2. The fourth-order valence-electron chi connectivity index (χ4n) is 2.54. The van der Waals surface area contributed by atoms with E-state index in [2.05, 4.69) is 0 Å². The molecule has 0 saturated carbocycles. The number of carbonyl (C=O) groups excluding carboxylic acids is 1. The third-order valence-electron chi connectivity index (χ3n) is 3.66. The summed E-state index contributed by atoms with van der Waals surface area (Å²) in [5.74, 6) is -0.465. The second-order valence-electron chi connectivity index (χ2n) is 4.73. The van der Waals surface area contributed by atoms with Crippen LogP contribution in [0.25, 0.3) is 0 Å². The molecule has 0 spiro atoms. The van der Waals surface area contributed by atoms with Gasteiger partial charge in [-0.2, -0.15) is 5.26 Å². The molecule has 1 N–H and O–H groups in total. The van der Waals surface area contributed by atoms with E-state index in [9.17, 15) is 9.90 Å². The maximum Gasteiger partial charge on any atom is 0.233 e. The summed E-state index contributed by atoms with van der Waals surface area (Å²) in [7, 11) is 0. The zero-order valence-corrected chi connectivity index (χ0v) is 11.6. The van der Waals surface area contributed by atoms with Crippen LogP contribution >= 0.6 is 11.6 Å². The second kappa shape index (κ2) is 5.20. The highest BCUT2D eigenvalue weighted by molar-refractivity contribution is 6.32. The van der Waals surface area contributed by atoms with Crippen LogP contribution in [0.5, 0.6) is 0 Å². The molecular weight excluding hydrogens is 264 g/mol.